The van der Waals surface area contributed by atoms with Gasteiger partial charge in [0.1, 0.15) is 0 Å². The summed E-state index contributed by atoms with van der Waals surface area (Å²) < 4.78 is 5.34. The number of aryl methyl sites for hydroxylation is 2. The van der Waals surface area contributed by atoms with Gasteiger partial charge in [-0.05, 0) is 51.4 Å². The molecule has 0 aliphatic carbocycles. The monoisotopic (exact) mass is 342 g/mol. The third-order valence-electron chi connectivity index (χ3n) is 4.63. The lowest BCUT2D eigenvalue weighted by Gasteiger charge is -2.26. The van der Waals surface area contributed by atoms with Crippen LogP contribution in [0.4, 0.5) is 0 Å². The maximum atomic E-state index is 12.3. The van der Waals surface area contributed by atoms with Crippen molar-refractivity contribution in [3.05, 3.63) is 35.2 Å². The summed E-state index contributed by atoms with van der Waals surface area (Å²) in [6.07, 6.45) is 2.07. The molecule has 3 rings (SSSR count). The molecule has 0 spiro atoms. The van der Waals surface area contributed by atoms with Crippen molar-refractivity contribution in [2.45, 2.75) is 26.7 Å². The lowest BCUT2D eigenvalue weighted by Crippen LogP contribution is -2.37. The smallest absolute Gasteiger partial charge is 0.251 e. The summed E-state index contributed by atoms with van der Waals surface area (Å²) in [6, 6.07) is 5.49. The number of carbonyl (C=O) groups is 1. The van der Waals surface area contributed by atoms with E-state index < -0.39 is 0 Å². The largest absolute Gasteiger partial charge is 0.379 e. The van der Waals surface area contributed by atoms with Crippen LogP contribution in [0.2, 0.25) is 0 Å². The van der Waals surface area contributed by atoms with Gasteiger partial charge >= 0.3 is 0 Å². The van der Waals surface area contributed by atoms with Crippen molar-refractivity contribution in [2.75, 3.05) is 39.4 Å². The summed E-state index contributed by atoms with van der Waals surface area (Å²) in [4.78, 5) is 23.8. The van der Waals surface area contributed by atoms with Crippen molar-refractivity contribution >= 4 is 16.9 Å². The Labute approximate surface area is 148 Å². The molecule has 1 saturated heterocycles. The summed E-state index contributed by atoms with van der Waals surface area (Å²) in [6.45, 7) is 9.35. The number of aromatic nitrogens is 2. The molecule has 0 unspecified atom stereocenters. The fourth-order valence-corrected chi connectivity index (χ4v) is 2.96. The van der Waals surface area contributed by atoms with Gasteiger partial charge in [-0.1, -0.05) is 0 Å². The van der Waals surface area contributed by atoms with Crippen LogP contribution in [0.15, 0.2) is 18.2 Å². The summed E-state index contributed by atoms with van der Waals surface area (Å²) in [5.74, 6) is -0.0479. The second-order valence-corrected chi connectivity index (χ2v) is 6.51. The zero-order valence-corrected chi connectivity index (χ0v) is 15.0. The van der Waals surface area contributed by atoms with Crippen molar-refractivity contribution < 1.29 is 9.53 Å². The van der Waals surface area contributed by atoms with Crippen molar-refractivity contribution in [3.63, 3.8) is 0 Å². The lowest BCUT2D eigenvalue weighted by atomic mass is 10.1. The molecule has 6 nitrogen and oxygen atoms in total. The highest BCUT2D eigenvalue weighted by atomic mass is 16.5. The average molecular weight is 342 g/mol. The summed E-state index contributed by atoms with van der Waals surface area (Å²) in [5.41, 5.74) is 4.05. The number of benzene rings is 1. The second kappa shape index (κ2) is 8.36. The highest BCUT2D eigenvalue weighted by Gasteiger charge is 2.10. The van der Waals surface area contributed by atoms with Crippen LogP contribution in [0, 0.1) is 13.8 Å². The number of rotatable bonds is 6. The Morgan fingerprint density at radius 2 is 1.84 bits per heavy atom. The molecular weight excluding hydrogens is 316 g/mol. The van der Waals surface area contributed by atoms with Gasteiger partial charge in [-0.3, -0.25) is 9.69 Å². The number of unbranched alkanes of at least 4 members (excludes halogenated alkanes) is 1. The van der Waals surface area contributed by atoms with Gasteiger partial charge in [-0.15, -0.1) is 0 Å². The van der Waals surface area contributed by atoms with Crippen molar-refractivity contribution in [1.29, 1.82) is 0 Å². The van der Waals surface area contributed by atoms with Crippen LogP contribution in [-0.2, 0) is 4.74 Å². The summed E-state index contributed by atoms with van der Waals surface area (Å²) in [5, 5.41) is 3.00. The zero-order valence-electron chi connectivity index (χ0n) is 15.0. The molecule has 1 aromatic carbocycles. The Kier molecular flexibility index (Phi) is 5.94. The Hall–Kier alpha value is -2.05. The molecule has 0 radical (unpaired) electrons. The Morgan fingerprint density at radius 1 is 1.12 bits per heavy atom. The van der Waals surface area contributed by atoms with E-state index in [2.05, 4.69) is 20.2 Å². The first-order chi connectivity index (χ1) is 12.1. The maximum absolute atomic E-state index is 12.3. The molecular formula is C19H26N4O2. The van der Waals surface area contributed by atoms with E-state index in [1.165, 1.54) is 0 Å². The van der Waals surface area contributed by atoms with Gasteiger partial charge in [0.15, 0.2) is 0 Å². The van der Waals surface area contributed by atoms with E-state index >= 15 is 0 Å². The fraction of sp³-hybridized carbons (Fsp3) is 0.526. The molecule has 2 heterocycles. The summed E-state index contributed by atoms with van der Waals surface area (Å²) >= 11 is 0. The van der Waals surface area contributed by atoms with Crippen LogP contribution in [0.25, 0.3) is 11.0 Å². The standard InChI is InChI=1S/C19H26N4O2/c1-14-15(2)22-18-13-16(5-6-17(18)21-14)19(24)20-7-3-4-8-23-9-11-25-12-10-23/h5-6,13H,3-4,7-12H2,1-2H3,(H,20,24). The molecule has 0 atom stereocenters. The number of nitrogens with one attached hydrogen (secondary N) is 1. The van der Waals surface area contributed by atoms with E-state index in [9.17, 15) is 4.79 Å². The predicted octanol–water partition coefficient (Wildman–Crippen LogP) is 2.09. The zero-order chi connectivity index (χ0) is 17.6. The molecule has 25 heavy (non-hydrogen) atoms. The van der Waals surface area contributed by atoms with Gasteiger partial charge in [0, 0.05) is 25.2 Å². The van der Waals surface area contributed by atoms with Crippen LogP contribution >= 0.6 is 0 Å². The van der Waals surface area contributed by atoms with Gasteiger partial charge in [0.25, 0.3) is 5.91 Å². The van der Waals surface area contributed by atoms with Crippen LogP contribution in [0.1, 0.15) is 34.6 Å². The second-order valence-electron chi connectivity index (χ2n) is 6.51. The van der Waals surface area contributed by atoms with Gasteiger partial charge in [-0.25, -0.2) is 9.97 Å². The molecule has 6 heteroatoms. The van der Waals surface area contributed by atoms with Crippen molar-refractivity contribution in [3.8, 4) is 0 Å². The normalized spacial score (nSPS) is 15.4. The average Bonchev–Trinajstić information content (AvgIpc) is 2.63. The molecule has 1 aromatic heterocycles. The first kappa shape index (κ1) is 17.8. The lowest BCUT2D eigenvalue weighted by molar-refractivity contribution is 0.0372. The van der Waals surface area contributed by atoms with E-state index in [0.29, 0.717) is 12.1 Å². The maximum Gasteiger partial charge on any atom is 0.251 e. The number of morpholine rings is 1. The van der Waals surface area contributed by atoms with E-state index in [0.717, 1.165) is 68.1 Å². The highest BCUT2D eigenvalue weighted by molar-refractivity contribution is 5.97. The Balaban J connectivity index is 1.47. The van der Waals surface area contributed by atoms with Gasteiger partial charge in [0.05, 0.1) is 35.6 Å². The van der Waals surface area contributed by atoms with Gasteiger partial charge < -0.3 is 10.1 Å². The van der Waals surface area contributed by atoms with Crippen molar-refractivity contribution in [2.24, 2.45) is 0 Å². The van der Waals surface area contributed by atoms with Crippen LogP contribution in [0.5, 0.6) is 0 Å². The first-order valence-corrected chi connectivity index (χ1v) is 8.97. The van der Waals surface area contributed by atoms with Gasteiger partial charge in [0.2, 0.25) is 0 Å². The number of hydrogen-bond acceptors (Lipinski definition) is 5. The molecule has 1 amide bonds. The number of nitrogens with zero attached hydrogens (tertiary/aromatic N) is 3. The van der Waals surface area contributed by atoms with Crippen LogP contribution < -0.4 is 5.32 Å². The number of carbonyl (C=O) groups excluding carboxylic acids is 1. The highest BCUT2D eigenvalue weighted by Crippen LogP contribution is 2.14. The minimum Gasteiger partial charge on any atom is -0.379 e. The quantitative estimate of drug-likeness (QED) is 0.814. The van der Waals surface area contributed by atoms with Gasteiger partial charge in [-0.2, -0.15) is 0 Å². The third kappa shape index (κ3) is 4.74. The molecule has 1 aliphatic heterocycles. The Bertz CT molecular complexity index is 742. The predicted molar refractivity (Wildman–Crippen MR) is 97.8 cm³/mol. The molecule has 1 aliphatic rings. The number of hydrogen-bond donors (Lipinski definition) is 1. The number of amides is 1. The minimum atomic E-state index is -0.0479. The number of fused-ring (bicyclic) bond motifs is 1. The molecule has 134 valence electrons. The van der Waals surface area contributed by atoms with E-state index in [-0.39, 0.29) is 5.91 Å². The molecule has 1 N–H and O–H groups in total. The molecule has 2 aromatic rings. The fourth-order valence-electron chi connectivity index (χ4n) is 2.96. The SMILES string of the molecule is Cc1nc2ccc(C(=O)NCCCCN3CCOCC3)cc2nc1C. The molecule has 0 bridgehead atoms. The van der Waals surface area contributed by atoms with Crippen LogP contribution in [-0.4, -0.2) is 60.2 Å². The minimum absolute atomic E-state index is 0.0479. The van der Waals surface area contributed by atoms with E-state index in [4.69, 9.17) is 4.74 Å². The Morgan fingerprint density at radius 3 is 2.60 bits per heavy atom. The van der Waals surface area contributed by atoms with E-state index in [1.807, 2.05) is 32.0 Å². The topological polar surface area (TPSA) is 67.4 Å². The van der Waals surface area contributed by atoms with Crippen LogP contribution in [0.3, 0.4) is 0 Å². The molecule has 1 fully saturated rings. The number of ether oxygens (including phenoxy) is 1. The van der Waals surface area contributed by atoms with Crippen molar-refractivity contribution in [1.82, 2.24) is 20.2 Å². The molecule has 0 saturated carbocycles. The third-order valence-corrected chi connectivity index (χ3v) is 4.63. The summed E-state index contributed by atoms with van der Waals surface area (Å²) in [7, 11) is 0. The van der Waals surface area contributed by atoms with E-state index in [1.54, 1.807) is 0 Å². The first-order valence-electron chi connectivity index (χ1n) is 8.97.